The molecule has 0 radical (unpaired) electrons. The Morgan fingerprint density at radius 1 is 1.19 bits per heavy atom. The third kappa shape index (κ3) is 3.46. The standard InChI is InChI=1S/C20H25N3O4/c1-12-10-15-21-14(13(2)24)11-23(15)18(16(12)17(25)19(26)27-5)22-8-6-20(3,4)7-9-22/h10-11H,6-9H2,1-5H3. The van der Waals surface area contributed by atoms with Crippen LogP contribution in [0.2, 0.25) is 0 Å². The predicted molar refractivity (Wildman–Crippen MR) is 102 cm³/mol. The van der Waals surface area contributed by atoms with Crippen molar-refractivity contribution in [3.8, 4) is 0 Å². The summed E-state index contributed by atoms with van der Waals surface area (Å²) in [4.78, 5) is 43.1. The normalized spacial score (nSPS) is 16.4. The fourth-order valence-electron chi connectivity index (χ4n) is 3.51. The molecular formula is C20H25N3O4. The topological polar surface area (TPSA) is 81.0 Å². The molecule has 3 rings (SSSR count). The summed E-state index contributed by atoms with van der Waals surface area (Å²) in [6, 6.07) is 1.72. The molecule has 0 amide bonds. The van der Waals surface area contributed by atoms with Gasteiger partial charge >= 0.3 is 5.97 Å². The average Bonchev–Trinajstić information content (AvgIpc) is 3.03. The van der Waals surface area contributed by atoms with E-state index in [9.17, 15) is 14.4 Å². The number of ketones is 2. The van der Waals surface area contributed by atoms with Crippen molar-refractivity contribution in [2.24, 2.45) is 5.41 Å². The van der Waals surface area contributed by atoms with Crippen LogP contribution >= 0.6 is 0 Å². The van der Waals surface area contributed by atoms with Gasteiger partial charge in [-0.3, -0.25) is 14.0 Å². The summed E-state index contributed by atoms with van der Waals surface area (Å²) in [5, 5.41) is 0. The maximum Gasteiger partial charge on any atom is 0.379 e. The molecule has 3 heterocycles. The molecule has 1 aliphatic rings. The van der Waals surface area contributed by atoms with Gasteiger partial charge in [0.2, 0.25) is 0 Å². The number of esters is 1. The van der Waals surface area contributed by atoms with Crippen molar-refractivity contribution in [1.82, 2.24) is 9.38 Å². The van der Waals surface area contributed by atoms with Crippen molar-refractivity contribution >= 4 is 29.0 Å². The lowest BCUT2D eigenvalue weighted by molar-refractivity contribution is -0.135. The lowest BCUT2D eigenvalue weighted by Crippen LogP contribution is -2.39. The van der Waals surface area contributed by atoms with Gasteiger partial charge in [-0.05, 0) is 36.8 Å². The third-order valence-corrected chi connectivity index (χ3v) is 5.30. The van der Waals surface area contributed by atoms with Gasteiger partial charge in [-0.1, -0.05) is 13.8 Å². The molecule has 0 unspecified atom stereocenters. The number of nitrogens with zero attached hydrogens (tertiary/aromatic N) is 3. The molecule has 7 nitrogen and oxygen atoms in total. The lowest BCUT2D eigenvalue weighted by atomic mass is 9.82. The predicted octanol–water partition coefficient (Wildman–Crippen LogP) is 2.83. The summed E-state index contributed by atoms with van der Waals surface area (Å²) in [5.74, 6) is -1.13. The number of carbonyl (C=O) groups excluding carboxylic acids is 3. The number of hydrogen-bond acceptors (Lipinski definition) is 6. The molecule has 0 aromatic carbocycles. The molecule has 1 aliphatic heterocycles. The van der Waals surface area contributed by atoms with Crippen LogP contribution in [0.25, 0.3) is 5.65 Å². The first kappa shape index (κ1) is 19.1. The van der Waals surface area contributed by atoms with Crippen molar-refractivity contribution in [2.75, 3.05) is 25.1 Å². The molecule has 7 heteroatoms. The Balaban J connectivity index is 2.23. The van der Waals surface area contributed by atoms with Crippen molar-refractivity contribution in [2.45, 2.75) is 40.5 Å². The minimum atomic E-state index is -0.900. The van der Waals surface area contributed by atoms with E-state index in [2.05, 4.69) is 28.5 Å². The number of hydrogen-bond donors (Lipinski definition) is 0. The molecular weight excluding hydrogens is 346 g/mol. The Labute approximate surface area is 158 Å². The largest absolute Gasteiger partial charge is 0.463 e. The Kier molecular flexibility index (Phi) is 4.80. The van der Waals surface area contributed by atoms with E-state index in [0.29, 0.717) is 28.3 Å². The second kappa shape index (κ2) is 6.79. The molecule has 0 N–H and O–H groups in total. The molecule has 0 aliphatic carbocycles. The maximum atomic E-state index is 12.8. The van der Waals surface area contributed by atoms with Crippen molar-refractivity contribution in [1.29, 1.82) is 0 Å². The molecule has 0 saturated carbocycles. The Hall–Kier alpha value is -2.70. The number of ether oxygens (including phenoxy) is 1. The van der Waals surface area contributed by atoms with Gasteiger partial charge in [0.15, 0.2) is 5.78 Å². The Bertz CT molecular complexity index is 932. The van der Waals surface area contributed by atoms with Crippen LogP contribution in [0, 0.1) is 12.3 Å². The van der Waals surface area contributed by atoms with Crippen molar-refractivity contribution in [3.63, 3.8) is 0 Å². The highest BCUT2D eigenvalue weighted by molar-refractivity contribution is 6.42. The van der Waals surface area contributed by atoms with E-state index in [1.807, 2.05) is 0 Å². The summed E-state index contributed by atoms with van der Waals surface area (Å²) in [6.45, 7) is 9.18. The van der Waals surface area contributed by atoms with E-state index < -0.39 is 11.8 Å². The van der Waals surface area contributed by atoms with Crippen LogP contribution in [0.5, 0.6) is 0 Å². The molecule has 0 spiro atoms. The van der Waals surface area contributed by atoms with E-state index in [-0.39, 0.29) is 11.2 Å². The van der Waals surface area contributed by atoms with Crippen LogP contribution in [0.1, 0.15) is 60.0 Å². The molecule has 2 aromatic heterocycles. The first-order chi connectivity index (χ1) is 12.6. The van der Waals surface area contributed by atoms with Crippen LogP contribution in [0.3, 0.4) is 0 Å². The quantitative estimate of drug-likeness (QED) is 0.467. The fourth-order valence-corrected chi connectivity index (χ4v) is 3.51. The van der Waals surface area contributed by atoms with Gasteiger partial charge in [-0.25, -0.2) is 9.78 Å². The highest BCUT2D eigenvalue weighted by Gasteiger charge is 2.32. The summed E-state index contributed by atoms with van der Waals surface area (Å²) in [5.41, 5.74) is 2.08. The van der Waals surface area contributed by atoms with Crippen molar-refractivity contribution in [3.05, 3.63) is 29.1 Å². The molecule has 1 saturated heterocycles. The first-order valence-corrected chi connectivity index (χ1v) is 9.06. The lowest BCUT2D eigenvalue weighted by Gasteiger charge is -2.39. The number of aromatic nitrogens is 2. The van der Waals surface area contributed by atoms with Gasteiger partial charge in [-0.15, -0.1) is 0 Å². The van der Waals surface area contributed by atoms with Crippen LogP contribution in [-0.4, -0.2) is 47.1 Å². The zero-order chi connectivity index (χ0) is 19.9. The molecule has 0 bridgehead atoms. The van der Waals surface area contributed by atoms with E-state index in [1.54, 1.807) is 23.6 Å². The molecule has 144 valence electrons. The number of methoxy groups -OCH3 is 1. The van der Waals surface area contributed by atoms with Gasteiger partial charge in [0.05, 0.1) is 12.7 Å². The molecule has 2 aromatic rings. The number of fused-ring (bicyclic) bond motifs is 1. The van der Waals surface area contributed by atoms with Crippen LogP contribution in [0.15, 0.2) is 12.3 Å². The number of imidazole rings is 1. The van der Waals surface area contributed by atoms with Crippen LogP contribution in [0.4, 0.5) is 5.82 Å². The number of pyridine rings is 1. The summed E-state index contributed by atoms with van der Waals surface area (Å²) < 4.78 is 6.41. The number of piperidine rings is 1. The Morgan fingerprint density at radius 2 is 1.81 bits per heavy atom. The highest BCUT2D eigenvalue weighted by atomic mass is 16.5. The minimum absolute atomic E-state index is 0.150. The Morgan fingerprint density at radius 3 is 2.37 bits per heavy atom. The smallest absolute Gasteiger partial charge is 0.379 e. The molecule has 27 heavy (non-hydrogen) atoms. The van der Waals surface area contributed by atoms with Crippen LogP contribution < -0.4 is 4.90 Å². The maximum absolute atomic E-state index is 12.8. The summed E-state index contributed by atoms with van der Waals surface area (Å²) >= 11 is 0. The second-order valence-electron chi connectivity index (χ2n) is 7.91. The zero-order valence-corrected chi connectivity index (χ0v) is 16.5. The monoisotopic (exact) mass is 371 g/mol. The van der Waals surface area contributed by atoms with E-state index in [4.69, 9.17) is 0 Å². The second-order valence-corrected chi connectivity index (χ2v) is 7.91. The highest BCUT2D eigenvalue weighted by Crippen LogP contribution is 2.35. The molecule has 1 fully saturated rings. The first-order valence-electron chi connectivity index (χ1n) is 9.06. The van der Waals surface area contributed by atoms with E-state index in [1.165, 1.54) is 14.0 Å². The number of aryl methyl sites for hydroxylation is 1. The number of anilines is 1. The van der Waals surface area contributed by atoms with Crippen LogP contribution in [-0.2, 0) is 9.53 Å². The van der Waals surface area contributed by atoms with E-state index in [0.717, 1.165) is 25.9 Å². The van der Waals surface area contributed by atoms with Gasteiger partial charge in [0.25, 0.3) is 5.78 Å². The SMILES string of the molecule is COC(=O)C(=O)c1c(C)cc2nc(C(C)=O)cn2c1N1CCC(C)(C)CC1. The summed E-state index contributed by atoms with van der Waals surface area (Å²) in [7, 11) is 1.20. The zero-order valence-electron chi connectivity index (χ0n) is 16.5. The number of rotatable bonds is 4. The summed E-state index contributed by atoms with van der Waals surface area (Å²) in [6.07, 6.45) is 3.56. The number of carbonyl (C=O) groups is 3. The molecule has 0 atom stereocenters. The van der Waals surface area contributed by atoms with E-state index >= 15 is 0 Å². The van der Waals surface area contributed by atoms with Gasteiger partial charge in [0.1, 0.15) is 17.2 Å². The van der Waals surface area contributed by atoms with Gasteiger partial charge in [-0.2, -0.15) is 0 Å². The van der Waals surface area contributed by atoms with Gasteiger partial charge in [0, 0.05) is 26.2 Å². The fraction of sp³-hybridized carbons (Fsp3) is 0.500. The average molecular weight is 371 g/mol. The van der Waals surface area contributed by atoms with Gasteiger partial charge < -0.3 is 9.64 Å². The third-order valence-electron chi connectivity index (χ3n) is 5.30. The number of Topliss-reactive ketones (excluding diaryl/α,β-unsaturated/α-hetero) is 2. The van der Waals surface area contributed by atoms with Crippen molar-refractivity contribution < 1.29 is 19.1 Å². The minimum Gasteiger partial charge on any atom is -0.463 e.